The molecule has 0 atom stereocenters. The van der Waals surface area contributed by atoms with Gasteiger partial charge in [0, 0.05) is 12.8 Å². The van der Waals surface area contributed by atoms with Crippen LogP contribution in [0.3, 0.4) is 0 Å². The molecule has 1 aromatic rings. The molecule has 16 heavy (non-hydrogen) atoms. The Labute approximate surface area is 99.0 Å². The number of rotatable bonds is 3. The van der Waals surface area contributed by atoms with Gasteiger partial charge in [-0.3, -0.25) is 4.79 Å². The molecule has 2 rings (SSSR count). The first-order chi connectivity index (χ1) is 7.51. The highest BCUT2D eigenvalue weighted by atomic mass is 35.5. The van der Waals surface area contributed by atoms with E-state index in [1.54, 1.807) is 19.1 Å². The number of hydrogen-bond acceptors (Lipinski definition) is 2. The number of carboxylic acids is 1. The number of para-hydroxylation sites is 1. The third kappa shape index (κ3) is 2.00. The minimum atomic E-state index is -0.758. The maximum atomic E-state index is 10.9. The van der Waals surface area contributed by atoms with Crippen molar-refractivity contribution in [2.24, 2.45) is 5.41 Å². The van der Waals surface area contributed by atoms with E-state index in [9.17, 15) is 4.79 Å². The van der Waals surface area contributed by atoms with Crippen molar-refractivity contribution in [3.63, 3.8) is 0 Å². The first-order valence-corrected chi connectivity index (χ1v) is 5.54. The van der Waals surface area contributed by atoms with Gasteiger partial charge in [-0.2, -0.15) is 0 Å². The minimum absolute atomic E-state index is 0.0407. The van der Waals surface area contributed by atoms with Gasteiger partial charge in [-0.05, 0) is 19.1 Å². The summed E-state index contributed by atoms with van der Waals surface area (Å²) >= 11 is 5.94. The van der Waals surface area contributed by atoms with Crippen LogP contribution in [0.2, 0.25) is 5.02 Å². The Kier molecular flexibility index (Phi) is 2.80. The van der Waals surface area contributed by atoms with Gasteiger partial charge in [0.25, 0.3) is 0 Å². The van der Waals surface area contributed by atoms with Crippen molar-refractivity contribution >= 4 is 17.6 Å². The number of halogens is 1. The van der Waals surface area contributed by atoms with Crippen molar-refractivity contribution < 1.29 is 14.6 Å². The molecule has 3 nitrogen and oxygen atoms in total. The van der Waals surface area contributed by atoms with E-state index in [1.807, 2.05) is 12.1 Å². The molecule has 0 radical (unpaired) electrons. The van der Waals surface area contributed by atoms with E-state index in [1.165, 1.54) is 0 Å². The minimum Gasteiger partial charge on any atom is -0.489 e. The molecule has 86 valence electrons. The summed E-state index contributed by atoms with van der Waals surface area (Å²) in [6.07, 6.45) is 1.03. The summed E-state index contributed by atoms with van der Waals surface area (Å²) in [7, 11) is 0. The van der Waals surface area contributed by atoms with Crippen LogP contribution in [0, 0.1) is 5.41 Å². The van der Waals surface area contributed by atoms with Gasteiger partial charge in [-0.25, -0.2) is 0 Å². The summed E-state index contributed by atoms with van der Waals surface area (Å²) in [4.78, 5) is 10.9. The number of hydrogen-bond donors (Lipinski definition) is 1. The van der Waals surface area contributed by atoms with Crippen LogP contribution in [0.15, 0.2) is 24.3 Å². The number of carbonyl (C=O) groups is 1. The molecule has 4 heteroatoms. The molecule has 1 aliphatic rings. The highest BCUT2D eigenvalue weighted by Gasteiger charge is 2.47. The molecule has 1 fully saturated rings. The highest BCUT2D eigenvalue weighted by Crippen LogP contribution is 2.43. The summed E-state index contributed by atoms with van der Waals surface area (Å²) in [5.74, 6) is -0.131. The first-order valence-electron chi connectivity index (χ1n) is 5.16. The SMILES string of the molecule is C[C@]1(C(=O)O)C[C@H](Oc2ccccc2Cl)C1. The third-order valence-electron chi connectivity index (χ3n) is 3.00. The van der Waals surface area contributed by atoms with E-state index in [2.05, 4.69) is 0 Å². The van der Waals surface area contributed by atoms with Crippen LogP contribution in [0.5, 0.6) is 5.75 Å². The van der Waals surface area contributed by atoms with Crippen molar-refractivity contribution in [2.75, 3.05) is 0 Å². The van der Waals surface area contributed by atoms with Crippen LogP contribution in [-0.4, -0.2) is 17.2 Å². The lowest BCUT2D eigenvalue weighted by molar-refractivity contribution is -0.159. The van der Waals surface area contributed by atoms with Crippen LogP contribution in [0.25, 0.3) is 0 Å². The fraction of sp³-hybridized carbons (Fsp3) is 0.417. The van der Waals surface area contributed by atoms with Crippen molar-refractivity contribution in [2.45, 2.75) is 25.9 Å². The molecule has 1 aliphatic carbocycles. The summed E-state index contributed by atoms with van der Waals surface area (Å²) in [6.45, 7) is 1.74. The standard InChI is InChI=1S/C12H13ClO3/c1-12(11(14)15)6-8(7-12)16-10-5-3-2-4-9(10)13/h2-5,8H,6-7H2,1H3,(H,14,15)/t8-,12-. The molecule has 0 bridgehead atoms. The summed E-state index contributed by atoms with van der Waals surface area (Å²) in [5.41, 5.74) is -0.633. The molecule has 1 N–H and O–H groups in total. The maximum absolute atomic E-state index is 10.9. The molecule has 0 heterocycles. The van der Waals surface area contributed by atoms with Crippen LogP contribution in [0.4, 0.5) is 0 Å². The normalized spacial score (nSPS) is 28.2. The fourth-order valence-electron chi connectivity index (χ4n) is 1.92. The Balaban J connectivity index is 1.96. The predicted molar refractivity (Wildman–Crippen MR) is 60.8 cm³/mol. The zero-order chi connectivity index (χ0) is 11.8. The van der Waals surface area contributed by atoms with Crippen LogP contribution in [-0.2, 0) is 4.79 Å². The monoisotopic (exact) mass is 240 g/mol. The van der Waals surface area contributed by atoms with Crippen molar-refractivity contribution in [3.05, 3.63) is 29.3 Å². The molecular weight excluding hydrogens is 228 g/mol. The predicted octanol–water partition coefficient (Wildman–Crippen LogP) is 2.97. The van der Waals surface area contributed by atoms with E-state index in [-0.39, 0.29) is 6.10 Å². The first kappa shape index (κ1) is 11.3. The lowest BCUT2D eigenvalue weighted by Gasteiger charge is -2.41. The van der Waals surface area contributed by atoms with Crippen molar-refractivity contribution in [1.29, 1.82) is 0 Å². The second-order valence-electron chi connectivity index (χ2n) is 4.44. The van der Waals surface area contributed by atoms with E-state index in [4.69, 9.17) is 21.4 Å². The zero-order valence-electron chi connectivity index (χ0n) is 8.94. The fourth-order valence-corrected chi connectivity index (χ4v) is 2.10. The van der Waals surface area contributed by atoms with Crippen LogP contribution in [0.1, 0.15) is 19.8 Å². The Morgan fingerprint density at radius 2 is 2.12 bits per heavy atom. The zero-order valence-corrected chi connectivity index (χ0v) is 9.70. The number of ether oxygens (including phenoxy) is 1. The third-order valence-corrected chi connectivity index (χ3v) is 3.32. The second kappa shape index (κ2) is 3.98. The number of carboxylic acid groups (broad SMARTS) is 1. The average molecular weight is 241 g/mol. The van der Waals surface area contributed by atoms with Gasteiger partial charge < -0.3 is 9.84 Å². The molecule has 0 unspecified atom stereocenters. The summed E-state index contributed by atoms with van der Waals surface area (Å²) in [5, 5.41) is 9.51. The largest absolute Gasteiger partial charge is 0.489 e. The van der Waals surface area contributed by atoms with Gasteiger partial charge >= 0.3 is 5.97 Å². The lowest BCUT2D eigenvalue weighted by Crippen LogP contribution is -2.47. The molecular formula is C12H13ClO3. The molecule has 0 saturated heterocycles. The van der Waals surface area contributed by atoms with Gasteiger partial charge in [0.15, 0.2) is 0 Å². The van der Waals surface area contributed by atoms with Gasteiger partial charge in [-0.15, -0.1) is 0 Å². The van der Waals surface area contributed by atoms with E-state index in [0.29, 0.717) is 23.6 Å². The second-order valence-corrected chi connectivity index (χ2v) is 4.85. The Morgan fingerprint density at radius 1 is 1.50 bits per heavy atom. The van der Waals surface area contributed by atoms with Crippen molar-refractivity contribution in [1.82, 2.24) is 0 Å². The summed E-state index contributed by atoms with van der Waals surface area (Å²) < 4.78 is 5.63. The average Bonchev–Trinajstić information content (AvgIpc) is 2.18. The smallest absolute Gasteiger partial charge is 0.309 e. The maximum Gasteiger partial charge on any atom is 0.309 e. The van der Waals surface area contributed by atoms with Gasteiger partial charge in [0.2, 0.25) is 0 Å². The van der Waals surface area contributed by atoms with Crippen LogP contribution < -0.4 is 4.74 Å². The molecule has 0 aromatic heterocycles. The molecule has 0 amide bonds. The Morgan fingerprint density at radius 3 is 2.69 bits per heavy atom. The molecule has 1 saturated carbocycles. The van der Waals surface area contributed by atoms with E-state index in [0.717, 1.165) is 0 Å². The quantitative estimate of drug-likeness (QED) is 0.884. The van der Waals surface area contributed by atoms with Crippen molar-refractivity contribution in [3.8, 4) is 5.75 Å². The Hall–Kier alpha value is -1.22. The highest BCUT2D eigenvalue weighted by molar-refractivity contribution is 6.32. The van der Waals surface area contributed by atoms with Crippen LogP contribution >= 0.6 is 11.6 Å². The van der Waals surface area contributed by atoms with E-state index >= 15 is 0 Å². The lowest BCUT2D eigenvalue weighted by atomic mass is 9.68. The topological polar surface area (TPSA) is 46.5 Å². The van der Waals surface area contributed by atoms with Gasteiger partial charge in [0.05, 0.1) is 10.4 Å². The molecule has 1 aromatic carbocycles. The number of aliphatic carboxylic acids is 1. The van der Waals surface area contributed by atoms with Gasteiger partial charge in [0.1, 0.15) is 11.9 Å². The number of benzene rings is 1. The Bertz CT molecular complexity index is 410. The van der Waals surface area contributed by atoms with E-state index < -0.39 is 11.4 Å². The molecule has 0 spiro atoms. The van der Waals surface area contributed by atoms with Gasteiger partial charge in [-0.1, -0.05) is 23.7 Å². The molecule has 0 aliphatic heterocycles. The summed E-state index contributed by atoms with van der Waals surface area (Å²) in [6, 6.07) is 7.22.